The Labute approximate surface area is 189 Å². The van der Waals surface area contributed by atoms with E-state index in [9.17, 15) is 9.59 Å². The van der Waals surface area contributed by atoms with E-state index < -0.39 is 12.1 Å². The monoisotopic (exact) mass is 463 g/mol. The molecule has 0 saturated carbocycles. The summed E-state index contributed by atoms with van der Waals surface area (Å²) in [5.74, 6) is -0.443. The van der Waals surface area contributed by atoms with Gasteiger partial charge in [0.1, 0.15) is 13.7 Å². The van der Waals surface area contributed by atoms with Crippen molar-refractivity contribution in [2.45, 2.75) is 13.5 Å². The summed E-state index contributed by atoms with van der Waals surface area (Å²) in [4.78, 5) is 38.6. The van der Waals surface area contributed by atoms with Crippen molar-refractivity contribution in [2.24, 2.45) is 10.3 Å². The van der Waals surface area contributed by atoms with Gasteiger partial charge in [-0.15, -0.1) is 0 Å². The van der Waals surface area contributed by atoms with Crippen molar-refractivity contribution in [1.29, 1.82) is 0 Å². The van der Waals surface area contributed by atoms with Gasteiger partial charge in [0.05, 0.1) is 25.0 Å². The molecule has 0 aliphatic heterocycles. The van der Waals surface area contributed by atoms with Crippen molar-refractivity contribution in [3.05, 3.63) is 64.2 Å². The zero-order valence-electron chi connectivity index (χ0n) is 17.9. The standard InChI is InChI=1S/C21H22ClN3O7/c1-13(14-9-10-17(22)18(11-14)32-25-21(27)29-3)23-31-12-15-7-5-6-8-16(15)19(24-30-4)20(26)28-2/h5-11H,12H2,1-4H3,(H,25,27). The third-order valence-corrected chi connectivity index (χ3v) is 4.35. The lowest BCUT2D eigenvalue weighted by atomic mass is 10.0. The number of oxime groups is 2. The van der Waals surface area contributed by atoms with E-state index in [1.807, 2.05) is 0 Å². The second-order valence-electron chi connectivity index (χ2n) is 6.06. The first-order valence-corrected chi connectivity index (χ1v) is 9.54. The number of carbonyl (C=O) groups is 2. The van der Waals surface area contributed by atoms with Gasteiger partial charge in [-0.2, -0.15) is 5.48 Å². The maximum atomic E-state index is 12.0. The largest absolute Gasteiger partial charge is 0.464 e. The normalized spacial score (nSPS) is 11.4. The summed E-state index contributed by atoms with van der Waals surface area (Å²) in [6, 6.07) is 11.9. The van der Waals surface area contributed by atoms with Crippen LogP contribution in [-0.2, 0) is 30.6 Å². The molecule has 0 unspecified atom stereocenters. The van der Waals surface area contributed by atoms with Crippen LogP contribution in [0.15, 0.2) is 52.8 Å². The predicted molar refractivity (Wildman–Crippen MR) is 117 cm³/mol. The second-order valence-corrected chi connectivity index (χ2v) is 6.47. The van der Waals surface area contributed by atoms with Gasteiger partial charge in [-0.3, -0.25) is 0 Å². The maximum absolute atomic E-state index is 12.0. The molecule has 11 heteroatoms. The molecule has 10 nitrogen and oxygen atoms in total. The molecule has 2 aromatic rings. The summed E-state index contributed by atoms with van der Waals surface area (Å²) >= 11 is 6.07. The minimum absolute atomic E-state index is 0.00694. The maximum Gasteiger partial charge on any atom is 0.440 e. The lowest BCUT2D eigenvalue weighted by Gasteiger charge is -2.11. The number of halogens is 1. The zero-order chi connectivity index (χ0) is 23.5. The molecule has 0 aromatic heterocycles. The summed E-state index contributed by atoms with van der Waals surface area (Å²) in [6.45, 7) is 1.77. The second kappa shape index (κ2) is 12.2. The molecule has 170 valence electrons. The van der Waals surface area contributed by atoms with Gasteiger partial charge in [0.2, 0.25) is 0 Å². The van der Waals surface area contributed by atoms with Crippen molar-refractivity contribution >= 4 is 35.1 Å². The van der Waals surface area contributed by atoms with Crippen LogP contribution in [0.2, 0.25) is 5.02 Å². The van der Waals surface area contributed by atoms with Crippen LogP contribution in [0.4, 0.5) is 4.79 Å². The molecule has 0 saturated heterocycles. The molecule has 0 bridgehead atoms. The van der Waals surface area contributed by atoms with Crippen LogP contribution in [0.25, 0.3) is 0 Å². The van der Waals surface area contributed by atoms with Crippen LogP contribution in [-0.4, -0.2) is 44.8 Å². The van der Waals surface area contributed by atoms with Crippen LogP contribution in [0, 0.1) is 0 Å². The average Bonchev–Trinajstić information content (AvgIpc) is 2.81. The molecule has 0 radical (unpaired) electrons. The zero-order valence-corrected chi connectivity index (χ0v) is 18.6. The van der Waals surface area contributed by atoms with Gasteiger partial charge < -0.3 is 24.0 Å². The van der Waals surface area contributed by atoms with E-state index in [1.165, 1.54) is 21.3 Å². The fourth-order valence-corrected chi connectivity index (χ4v) is 2.61. The smallest absolute Gasteiger partial charge is 0.440 e. The van der Waals surface area contributed by atoms with Crippen molar-refractivity contribution in [2.75, 3.05) is 21.3 Å². The molecular formula is C21H22ClN3O7. The van der Waals surface area contributed by atoms with Crippen molar-refractivity contribution in [3.8, 4) is 5.75 Å². The predicted octanol–water partition coefficient (Wildman–Crippen LogP) is 3.45. The number of rotatable bonds is 9. The highest BCUT2D eigenvalue weighted by molar-refractivity contribution is 6.43. The van der Waals surface area contributed by atoms with Crippen LogP contribution in [0.5, 0.6) is 5.75 Å². The fourth-order valence-electron chi connectivity index (χ4n) is 2.46. The van der Waals surface area contributed by atoms with E-state index in [0.29, 0.717) is 22.4 Å². The van der Waals surface area contributed by atoms with Gasteiger partial charge in [-0.25, -0.2) is 9.59 Å². The highest BCUT2D eigenvalue weighted by atomic mass is 35.5. The number of carbonyl (C=O) groups excluding carboxylic acids is 2. The summed E-state index contributed by atoms with van der Waals surface area (Å²) in [6.07, 6.45) is -0.776. The van der Waals surface area contributed by atoms with Crippen molar-refractivity contribution in [3.63, 3.8) is 0 Å². The first-order chi connectivity index (χ1) is 15.4. The summed E-state index contributed by atoms with van der Waals surface area (Å²) < 4.78 is 9.20. The highest BCUT2D eigenvalue weighted by Crippen LogP contribution is 2.25. The van der Waals surface area contributed by atoms with Crippen LogP contribution in [0.3, 0.4) is 0 Å². The number of hydrogen-bond donors (Lipinski definition) is 1. The van der Waals surface area contributed by atoms with Crippen molar-refractivity contribution in [1.82, 2.24) is 5.48 Å². The molecular weight excluding hydrogens is 442 g/mol. The highest BCUT2D eigenvalue weighted by Gasteiger charge is 2.19. The lowest BCUT2D eigenvalue weighted by molar-refractivity contribution is -0.132. The number of nitrogens with one attached hydrogen (secondary N) is 1. The summed E-state index contributed by atoms with van der Waals surface area (Å²) in [5, 5.41) is 8.14. The Hall–Kier alpha value is -3.79. The average molecular weight is 464 g/mol. The molecule has 0 aliphatic carbocycles. The number of hydrogen-bond acceptors (Lipinski definition) is 9. The van der Waals surface area contributed by atoms with Gasteiger partial charge >= 0.3 is 12.1 Å². The summed E-state index contributed by atoms with van der Waals surface area (Å²) in [5.41, 5.74) is 4.38. The van der Waals surface area contributed by atoms with Gasteiger partial charge in [0.25, 0.3) is 0 Å². The first-order valence-electron chi connectivity index (χ1n) is 9.16. The first kappa shape index (κ1) is 24.5. The Morgan fingerprint density at radius 2 is 1.78 bits per heavy atom. The van der Waals surface area contributed by atoms with E-state index in [1.54, 1.807) is 49.4 Å². The molecule has 0 fully saturated rings. The number of nitrogens with zero attached hydrogens (tertiary/aromatic N) is 2. The molecule has 0 atom stereocenters. The third kappa shape index (κ3) is 6.61. The Bertz CT molecular complexity index is 1020. The van der Waals surface area contributed by atoms with Crippen molar-refractivity contribution < 1.29 is 33.6 Å². The fraction of sp³-hybridized carbons (Fsp3) is 0.238. The van der Waals surface area contributed by atoms with Gasteiger partial charge in [0.15, 0.2) is 11.5 Å². The third-order valence-electron chi connectivity index (χ3n) is 4.03. The number of methoxy groups -OCH3 is 2. The molecule has 0 spiro atoms. The number of hydroxylamine groups is 1. The molecule has 0 aliphatic rings. The van der Waals surface area contributed by atoms with E-state index in [4.69, 9.17) is 30.9 Å². The minimum Gasteiger partial charge on any atom is -0.464 e. The Morgan fingerprint density at radius 1 is 1.03 bits per heavy atom. The van der Waals surface area contributed by atoms with Crippen LogP contribution < -0.4 is 10.3 Å². The van der Waals surface area contributed by atoms with Crippen LogP contribution in [0.1, 0.15) is 23.6 Å². The Kier molecular flexibility index (Phi) is 9.30. The van der Waals surface area contributed by atoms with Gasteiger partial charge in [-0.05, 0) is 19.1 Å². The Morgan fingerprint density at radius 3 is 2.47 bits per heavy atom. The number of amides is 1. The van der Waals surface area contributed by atoms with E-state index in [0.717, 1.165) is 0 Å². The topological polar surface area (TPSA) is 117 Å². The molecule has 0 heterocycles. The van der Waals surface area contributed by atoms with Gasteiger partial charge in [0, 0.05) is 16.7 Å². The van der Waals surface area contributed by atoms with E-state index >= 15 is 0 Å². The van der Waals surface area contributed by atoms with E-state index in [-0.39, 0.29) is 23.1 Å². The number of benzene rings is 2. The molecule has 2 aromatic carbocycles. The minimum atomic E-state index is -0.776. The number of ether oxygens (including phenoxy) is 2. The van der Waals surface area contributed by atoms with E-state index in [2.05, 4.69) is 20.5 Å². The SMILES string of the molecule is CON=C(C(=O)OC)c1ccccc1CON=C(C)c1ccc(Cl)c(ONC(=O)OC)c1. The number of esters is 1. The lowest BCUT2D eigenvalue weighted by Crippen LogP contribution is -2.26. The molecule has 32 heavy (non-hydrogen) atoms. The van der Waals surface area contributed by atoms with Crippen LogP contribution >= 0.6 is 11.6 Å². The van der Waals surface area contributed by atoms with Gasteiger partial charge in [-0.1, -0.05) is 52.2 Å². The molecule has 1 N–H and O–H groups in total. The quantitative estimate of drug-likeness (QED) is 0.344. The Balaban J connectivity index is 2.16. The summed E-state index contributed by atoms with van der Waals surface area (Å²) in [7, 11) is 3.80. The molecule has 1 amide bonds. The molecule has 2 rings (SSSR count).